The van der Waals surface area contributed by atoms with Crippen molar-refractivity contribution in [2.24, 2.45) is 0 Å². The van der Waals surface area contributed by atoms with E-state index < -0.39 is 6.04 Å². The second-order valence-corrected chi connectivity index (χ2v) is 6.17. The van der Waals surface area contributed by atoms with Crippen molar-refractivity contribution in [1.82, 2.24) is 4.90 Å². The van der Waals surface area contributed by atoms with Crippen LogP contribution in [-0.2, 0) is 14.3 Å². The van der Waals surface area contributed by atoms with Gasteiger partial charge in [-0.3, -0.25) is 4.79 Å². The van der Waals surface area contributed by atoms with Crippen molar-refractivity contribution in [2.75, 3.05) is 13.7 Å². The van der Waals surface area contributed by atoms with E-state index in [0.717, 1.165) is 17.7 Å². The fraction of sp³-hybridized carbons (Fsp3) is 0.467. The number of nitrogens with zero attached hydrogens (tertiary/aromatic N) is 1. The lowest BCUT2D eigenvalue weighted by atomic mass is 10.0. The van der Waals surface area contributed by atoms with Crippen LogP contribution in [0.3, 0.4) is 0 Å². The molecule has 0 spiro atoms. The number of amides is 1. The van der Waals surface area contributed by atoms with Crippen LogP contribution in [0, 0.1) is 6.92 Å². The molecule has 1 saturated heterocycles. The molecule has 2 rings (SSSR count). The number of hydrogen-bond acceptors (Lipinski definition) is 4. The summed E-state index contributed by atoms with van der Waals surface area (Å²) in [6, 6.07) is 3.57. The molecule has 2 heterocycles. The third-order valence-corrected chi connectivity index (χ3v) is 4.38. The summed E-state index contributed by atoms with van der Waals surface area (Å²) in [6.45, 7) is 2.65. The zero-order valence-electron chi connectivity index (χ0n) is 11.8. The normalized spacial score (nSPS) is 19.3. The number of thiophene rings is 1. The van der Waals surface area contributed by atoms with E-state index in [2.05, 4.69) is 0 Å². The van der Waals surface area contributed by atoms with Gasteiger partial charge in [0, 0.05) is 22.4 Å². The average Bonchev–Trinajstić information content (AvgIpc) is 2.89. The molecular formula is C15H19NO3S. The van der Waals surface area contributed by atoms with Crippen LogP contribution >= 0.6 is 11.3 Å². The Bertz CT molecular complexity index is 521. The Labute approximate surface area is 123 Å². The molecule has 108 valence electrons. The second-order valence-electron chi connectivity index (χ2n) is 4.85. The molecule has 0 saturated carbocycles. The molecule has 0 aliphatic carbocycles. The largest absolute Gasteiger partial charge is 0.467 e. The minimum Gasteiger partial charge on any atom is -0.467 e. The third kappa shape index (κ3) is 3.48. The van der Waals surface area contributed by atoms with Crippen LogP contribution in [0.15, 0.2) is 18.2 Å². The number of likely N-dealkylation sites (tertiary alicyclic amines) is 1. The average molecular weight is 293 g/mol. The van der Waals surface area contributed by atoms with E-state index in [0.29, 0.717) is 13.0 Å². The second kappa shape index (κ2) is 6.70. The first kappa shape index (κ1) is 14.8. The number of esters is 1. The predicted octanol–water partition coefficient (Wildman–Crippen LogP) is 2.62. The summed E-state index contributed by atoms with van der Waals surface area (Å²) in [4.78, 5) is 27.8. The molecule has 1 unspecified atom stereocenters. The van der Waals surface area contributed by atoms with Crippen molar-refractivity contribution < 1.29 is 14.3 Å². The summed E-state index contributed by atoms with van der Waals surface area (Å²) in [6.07, 6.45) is 5.93. The van der Waals surface area contributed by atoms with Gasteiger partial charge in [-0.25, -0.2) is 4.79 Å². The molecule has 1 fully saturated rings. The molecule has 1 aromatic rings. The molecule has 1 aliphatic heterocycles. The van der Waals surface area contributed by atoms with E-state index in [1.54, 1.807) is 22.3 Å². The standard InChI is InChI=1S/C15H19NO3S/c1-11-6-7-12(20-11)8-9-14(17)16-10-4-3-5-13(16)15(18)19-2/h6-9,13H,3-5,10H2,1-2H3/b9-8+. The van der Waals surface area contributed by atoms with Crippen LogP contribution in [0.4, 0.5) is 0 Å². The van der Waals surface area contributed by atoms with Gasteiger partial charge in [0.05, 0.1) is 7.11 Å². The van der Waals surface area contributed by atoms with Gasteiger partial charge >= 0.3 is 5.97 Å². The molecule has 0 radical (unpaired) electrons. The van der Waals surface area contributed by atoms with E-state index in [-0.39, 0.29) is 11.9 Å². The first-order valence-corrected chi connectivity index (χ1v) is 7.56. The number of aryl methyl sites for hydroxylation is 1. The van der Waals surface area contributed by atoms with Gasteiger partial charge in [-0.1, -0.05) is 0 Å². The summed E-state index contributed by atoms with van der Waals surface area (Å²) in [5.74, 6) is -0.440. The van der Waals surface area contributed by atoms with Gasteiger partial charge in [0.25, 0.3) is 0 Å². The van der Waals surface area contributed by atoms with E-state index in [1.165, 1.54) is 12.0 Å². The van der Waals surface area contributed by atoms with Crippen molar-refractivity contribution in [3.63, 3.8) is 0 Å². The topological polar surface area (TPSA) is 46.6 Å². The van der Waals surface area contributed by atoms with Crippen LogP contribution < -0.4 is 0 Å². The molecular weight excluding hydrogens is 274 g/mol. The summed E-state index contributed by atoms with van der Waals surface area (Å²) >= 11 is 1.64. The Kier molecular flexibility index (Phi) is 4.95. The number of rotatable bonds is 3. The summed E-state index contributed by atoms with van der Waals surface area (Å²) in [5.41, 5.74) is 0. The highest BCUT2D eigenvalue weighted by molar-refractivity contribution is 7.12. The summed E-state index contributed by atoms with van der Waals surface area (Å²) in [7, 11) is 1.36. The molecule has 0 N–H and O–H groups in total. The van der Waals surface area contributed by atoms with Gasteiger partial charge in [-0.2, -0.15) is 0 Å². The highest BCUT2D eigenvalue weighted by atomic mass is 32.1. The first-order chi connectivity index (χ1) is 9.61. The van der Waals surface area contributed by atoms with E-state index >= 15 is 0 Å². The van der Waals surface area contributed by atoms with Crippen LogP contribution in [0.1, 0.15) is 29.0 Å². The van der Waals surface area contributed by atoms with Gasteiger partial charge in [0.15, 0.2) is 0 Å². The van der Waals surface area contributed by atoms with E-state index in [9.17, 15) is 9.59 Å². The van der Waals surface area contributed by atoms with Crippen LogP contribution in [-0.4, -0.2) is 36.5 Å². The minimum absolute atomic E-state index is 0.119. The Hall–Kier alpha value is -1.62. The maximum absolute atomic E-state index is 12.2. The number of piperidine rings is 1. The molecule has 1 amide bonds. The Balaban J connectivity index is 2.06. The fourth-order valence-corrected chi connectivity index (χ4v) is 3.15. The summed E-state index contributed by atoms with van der Waals surface area (Å²) in [5, 5.41) is 0. The Morgan fingerprint density at radius 2 is 2.20 bits per heavy atom. The summed E-state index contributed by atoms with van der Waals surface area (Å²) < 4.78 is 4.78. The molecule has 0 aromatic carbocycles. The lowest BCUT2D eigenvalue weighted by Crippen LogP contribution is -2.47. The molecule has 5 heteroatoms. The highest BCUT2D eigenvalue weighted by Crippen LogP contribution is 2.20. The number of ether oxygens (including phenoxy) is 1. The van der Waals surface area contributed by atoms with Crippen molar-refractivity contribution in [3.05, 3.63) is 28.0 Å². The fourth-order valence-electron chi connectivity index (χ4n) is 2.37. The van der Waals surface area contributed by atoms with Gasteiger partial charge in [-0.05, 0) is 44.4 Å². The highest BCUT2D eigenvalue weighted by Gasteiger charge is 2.31. The van der Waals surface area contributed by atoms with Crippen LogP contribution in [0.25, 0.3) is 6.08 Å². The monoisotopic (exact) mass is 293 g/mol. The van der Waals surface area contributed by atoms with Gasteiger partial charge in [0.2, 0.25) is 5.91 Å². The van der Waals surface area contributed by atoms with E-state index in [4.69, 9.17) is 4.74 Å². The maximum atomic E-state index is 12.2. The molecule has 1 aromatic heterocycles. The Morgan fingerprint density at radius 3 is 2.85 bits per heavy atom. The zero-order chi connectivity index (χ0) is 14.5. The minimum atomic E-state index is -0.434. The predicted molar refractivity (Wildman–Crippen MR) is 79.5 cm³/mol. The molecule has 1 aliphatic rings. The van der Waals surface area contributed by atoms with Crippen LogP contribution in [0.2, 0.25) is 0 Å². The van der Waals surface area contributed by atoms with Crippen molar-refractivity contribution in [1.29, 1.82) is 0 Å². The third-order valence-electron chi connectivity index (χ3n) is 3.41. The first-order valence-electron chi connectivity index (χ1n) is 6.75. The number of hydrogen-bond donors (Lipinski definition) is 0. The molecule has 1 atom stereocenters. The number of carbonyl (C=O) groups is 2. The van der Waals surface area contributed by atoms with Gasteiger partial charge in [0.1, 0.15) is 6.04 Å². The lowest BCUT2D eigenvalue weighted by Gasteiger charge is -2.32. The lowest BCUT2D eigenvalue weighted by molar-refractivity contribution is -0.153. The number of carbonyl (C=O) groups excluding carboxylic acids is 2. The van der Waals surface area contributed by atoms with Crippen molar-refractivity contribution in [3.8, 4) is 0 Å². The molecule has 20 heavy (non-hydrogen) atoms. The quantitative estimate of drug-likeness (QED) is 0.636. The molecule has 0 bridgehead atoms. The van der Waals surface area contributed by atoms with Gasteiger partial charge in [-0.15, -0.1) is 11.3 Å². The van der Waals surface area contributed by atoms with Gasteiger partial charge < -0.3 is 9.64 Å². The Morgan fingerprint density at radius 1 is 1.40 bits per heavy atom. The molecule has 4 nitrogen and oxygen atoms in total. The maximum Gasteiger partial charge on any atom is 0.328 e. The SMILES string of the molecule is COC(=O)C1CCCCN1C(=O)/C=C/c1ccc(C)s1. The smallest absolute Gasteiger partial charge is 0.328 e. The zero-order valence-corrected chi connectivity index (χ0v) is 12.6. The number of methoxy groups -OCH3 is 1. The van der Waals surface area contributed by atoms with Crippen LogP contribution in [0.5, 0.6) is 0 Å². The van der Waals surface area contributed by atoms with Crippen molar-refractivity contribution >= 4 is 29.3 Å². The van der Waals surface area contributed by atoms with Crippen molar-refractivity contribution in [2.45, 2.75) is 32.2 Å². The van der Waals surface area contributed by atoms with E-state index in [1.807, 2.05) is 25.1 Å².